The highest BCUT2D eigenvalue weighted by molar-refractivity contribution is 7.47. The Balaban J connectivity index is 4.30. The van der Waals surface area contributed by atoms with Crippen LogP contribution in [0.5, 0.6) is 0 Å². The molecular weight excluding hydrogens is 719 g/mol. The van der Waals surface area contributed by atoms with E-state index in [1.807, 2.05) is 27.2 Å². The van der Waals surface area contributed by atoms with Gasteiger partial charge in [-0.2, -0.15) is 0 Å². The molecule has 0 aliphatic carbocycles. The van der Waals surface area contributed by atoms with Gasteiger partial charge in [0.1, 0.15) is 13.2 Å². The highest BCUT2D eigenvalue weighted by atomic mass is 31.2. The van der Waals surface area contributed by atoms with Crippen LogP contribution < -0.4 is 5.32 Å². The van der Waals surface area contributed by atoms with E-state index >= 15 is 0 Å². The molecule has 0 heterocycles. The van der Waals surface area contributed by atoms with Gasteiger partial charge in [0.15, 0.2) is 0 Å². The zero-order valence-electron chi connectivity index (χ0n) is 37.6. The molecule has 8 nitrogen and oxygen atoms in total. The van der Waals surface area contributed by atoms with Gasteiger partial charge < -0.3 is 19.8 Å². The Labute approximate surface area is 347 Å². The molecule has 0 saturated carbocycles. The van der Waals surface area contributed by atoms with Gasteiger partial charge in [-0.05, 0) is 44.9 Å². The summed E-state index contributed by atoms with van der Waals surface area (Å²) < 4.78 is 23.6. The fourth-order valence-electron chi connectivity index (χ4n) is 6.86. The van der Waals surface area contributed by atoms with Crippen molar-refractivity contribution in [1.29, 1.82) is 0 Å². The van der Waals surface area contributed by atoms with E-state index in [4.69, 9.17) is 9.05 Å². The highest BCUT2D eigenvalue weighted by Crippen LogP contribution is 2.43. The number of nitrogens with zero attached hydrogens (tertiary/aromatic N) is 1. The molecule has 0 radical (unpaired) electrons. The number of likely N-dealkylation sites (N-methyl/N-ethyl adjacent to an activating group) is 1. The first-order valence-electron chi connectivity index (χ1n) is 23.7. The molecule has 0 rings (SSSR count). The molecule has 1 amide bonds. The normalized spacial score (nSPS) is 14.5. The third-order valence-corrected chi connectivity index (χ3v) is 11.6. The van der Waals surface area contributed by atoms with E-state index in [0.717, 1.165) is 38.5 Å². The van der Waals surface area contributed by atoms with Crippen molar-refractivity contribution in [3.05, 3.63) is 24.3 Å². The second-order valence-electron chi connectivity index (χ2n) is 17.5. The summed E-state index contributed by atoms with van der Waals surface area (Å²) in [5.74, 6) is -0.177. The number of carbonyl (C=O) groups is 1. The number of quaternary nitrogens is 1. The summed E-state index contributed by atoms with van der Waals surface area (Å²) in [4.78, 5) is 23.1. The van der Waals surface area contributed by atoms with Crippen LogP contribution in [-0.4, -0.2) is 73.4 Å². The molecule has 0 aromatic rings. The van der Waals surface area contributed by atoms with Crippen molar-refractivity contribution >= 4 is 13.7 Å². The first kappa shape index (κ1) is 55.0. The zero-order valence-corrected chi connectivity index (χ0v) is 38.5. The van der Waals surface area contributed by atoms with Crippen molar-refractivity contribution in [1.82, 2.24) is 5.32 Å². The van der Waals surface area contributed by atoms with E-state index in [-0.39, 0.29) is 19.1 Å². The average molecular weight is 814 g/mol. The van der Waals surface area contributed by atoms with Crippen molar-refractivity contribution in [3.63, 3.8) is 0 Å². The maximum absolute atomic E-state index is 12.9. The minimum absolute atomic E-state index is 0.0627. The number of phosphoric ester groups is 1. The van der Waals surface area contributed by atoms with Gasteiger partial charge in [0.2, 0.25) is 5.91 Å². The van der Waals surface area contributed by atoms with E-state index < -0.39 is 20.0 Å². The average Bonchev–Trinajstić information content (AvgIpc) is 3.15. The molecule has 3 atom stereocenters. The molecule has 0 aliphatic heterocycles. The van der Waals surface area contributed by atoms with Crippen LogP contribution in [0.4, 0.5) is 0 Å². The Morgan fingerprint density at radius 3 is 1.38 bits per heavy atom. The number of rotatable bonds is 43. The lowest BCUT2D eigenvalue weighted by Crippen LogP contribution is -2.45. The smallest absolute Gasteiger partial charge is 0.387 e. The van der Waals surface area contributed by atoms with Crippen LogP contribution in [0.25, 0.3) is 0 Å². The second kappa shape index (κ2) is 39.4. The van der Waals surface area contributed by atoms with E-state index in [1.165, 1.54) is 161 Å². The Hall–Kier alpha value is -1.02. The van der Waals surface area contributed by atoms with Gasteiger partial charge in [-0.25, -0.2) is 4.57 Å². The lowest BCUT2D eigenvalue weighted by molar-refractivity contribution is -0.870. The number of phosphoric acid groups is 1. The fraction of sp³-hybridized carbons (Fsp3) is 0.894. The van der Waals surface area contributed by atoms with Crippen molar-refractivity contribution < 1.29 is 32.9 Å². The first-order valence-corrected chi connectivity index (χ1v) is 25.2. The Morgan fingerprint density at radius 2 is 0.964 bits per heavy atom. The Morgan fingerprint density at radius 1 is 0.589 bits per heavy atom. The van der Waals surface area contributed by atoms with Crippen molar-refractivity contribution in [2.45, 2.75) is 231 Å². The molecule has 0 aliphatic rings. The molecule has 1 unspecified atom stereocenters. The topological polar surface area (TPSA) is 105 Å². The van der Waals surface area contributed by atoms with Gasteiger partial charge in [-0.1, -0.05) is 192 Å². The summed E-state index contributed by atoms with van der Waals surface area (Å²) in [5, 5.41) is 13.8. The number of aliphatic hydroxyl groups is 1. The summed E-state index contributed by atoms with van der Waals surface area (Å²) in [6.45, 7) is 4.81. The largest absolute Gasteiger partial charge is 0.472 e. The van der Waals surface area contributed by atoms with Crippen LogP contribution in [0.15, 0.2) is 24.3 Å². The van der Waals surface area contributed by atoms with Gasteiger partial charge in [-0.3, -0.25) is 13.8 Å². The van der Waals surface area contributed by atoms with E-state index in [2.05, 4.69) is 31.3 Å². The SMILES string of the molecule is CCCCCCCC/C=C\CCCCCCCCCCCCCC(=O)N[C@@H](COP(=O)(O)OCC[N+](C)(C)C)[C@H](O)/C=C\CCCCCCCCCCCCC. The monoisotopic (exact) mass is 814 g/mol. The van der Waals surface area contributed by atoms with Crippen LogP contribution in [0, 0.1) is 0 Å². The van der Waals surface area contributed by atoms with Gasteiger partial charge in [0, 0.05) is 6.42 Å². The molecule has 0 bridgehead atoms. The molecular formula is C47H94N2O6P+. The summed E-state index contributed by atoms with van der Waals surface area (Å²) in [5.41, 5.74) is 0. The number of unbranched alkanes of at least 4 members (excludes halogenated alkanes) is 28. The third kappa shape index (κ3) is 41.2. The van der Waals surface area contributed by atoms with Crippen LogP contribution in [-0.2, 0) is 18.4 Å². The molecule has 3 N–H and O–H groups in total. The Bertz CT molecular complexity index is 969. The lowest BCUT2D eigenvalue weighted by atomic mass is 10.0. The van der Waals surface area contributed by atoms with Gasteiger partial charge in [0.05, 0.1) is 39.9 Å². The number of allylic oxidation sites excluding steroid dienone is 3. The van der Waals surface area contributed by atoms with Crippen molar-refractivity contribution in [2.24, 2.45) is 0 Å². The molecule has 9 heteroatoms. The predicted octanol–water partition coefficient (Wildman–Crippen LogP) is 13.3. The van der Waals surface area contributed by atoms with Gasteiger partial charge >= 0.3 is 7.82 Å². The number of nitrogens with one attached hydrogen (secondary N) is 1. The van der Waals surface area contributed by atoms with Crippen LogP contribution in [0.3, 0.4) is 0 Å². The summed E-state index contributed by atoms with van der Waals surface area (Å²) >= 11 is 0. The van der Waals surface area contributed by atoms with E-state index in [9.17, 15) is 19.4 Å². The molecule has 0 aromatic carbocycles. The summed E-state index contributed by atoms with van der Waals surface area (Å²) in [6, 6.07) is -0.843. The number of amides is 1. The molecule has 0 aromatic heterocycles. The quantitative estimate of drug-likeness (QED) is 0.0245. The molecule has 0 saturated heterocycles. The van der Waals surface area contributed by atoms with Crippen molar-refractivity contribution in [2.75, 3.05) is 40.9 Å². The van der Waals surface area contributed by atoms with Crippen LogP contribution in [0.2, 0.25) is 0 Å². The second-order valence-corrected chi connectivity index (χ2v) is 18.9. The van der Waals surface area contributed by atoms with E-state index in [1.54, 1.807) is 6.08 Å². The first-order chi connectivity index (χ1) is 27.0. The highest BCUT2D eigenvalue weighted by Gasteiger charge is 2.27. The predicted molar refractivity (Wildman–Crippen MR) is 240 cm³/mol. The molecule has 332 valence electrons. The molecule has 0 spiro atoms. The zero-order chi connectivity index (χ0) is 41.4. The number of aliphatic hydroxyl groups excluding tert-OH is 1. The van der Waals surface area contributed by atoms with Crippen LogP contribution in [0.1, 0.15) is 219 Å². The third-order valence-electron chi connectivity index (χ3n) is 10.7. The maximum Gasteiger partial charge on any atom is 0.472 e. The minimum Gasteiger partial charge on any atom is -0.387 e. The number of carbonyl (C=O) groups excluding carboxylic acids is 1. The van der Waals surface area contributed by atoms with Gasteiger partial charge in [-0.15, -0.1) is 0 Å². The fourth-order valence-corrected chi connectivity index (χ4v) is 7.60. The molecule has 0 fully saturated rings. The molecule has 56 heavy (non-hydrogen) atoms. The summed E-state index contributed by atoms with van der Waals surface area (Å²) in [7, 11) is 1.58. The van der Waals surface area contributed by atoms with Gasteiger partial charge in [0.25, 0.3) is 0 Å². The number of hydrogen-bond acceptors (Lipinski definition) is 5. The van der Waals surface area contributed by atoms with Crippen LogP contribution >= 0.6 is 7.82 Å². The maximum atomic E-state index is 12.9. The minimum atomic E-state index is -4.33. The van der Waals surface area contributed by atoms with Crippen molar-refractivity contribution in [3.8, 4) is 0 Å². The van der Waals surface area contributed by atoms with E-state index in [0.29, 0.717) is 17.4 Å². The number of hydrogen-bond donors (Lipinski definition) is 3. The standard InChI is InChI=1S/C47H93N2O6P/c1-6-8-10-12-14-16-18-20-21-22-23-24-25-26-27-29-31-33-35-37-39-41-47(51)48-45(44-55-56(52,53)54-43-42-49(3,4)5)46(50)40-38-36-34-32-30-28-19-17-15-13-11-9-7-2/h20-21,38,40,45-46,50H,6-19,22-37,39,41-44H2,1-5H3,(H-,48,51,52,53)/p+1/b21-20-,40-38-/t45-,46+/m0/s1. The lowest BCUT2D eigenvalue weighted by Gasteiger charge is -2.25. The summed E-state index contributed by atoms with van der Waals surface area (Å²) in [6.07, 6.45) is 46.7. The Kier molecular flexibility index (Phi) is 38.7.